The summed E-state index contributed by atoms with van der Waals surface area (Å²) in [6.45, 7) is 7.28. The van der Waals surface area contributed by atoms with E-state index in [0.717, 1.165) is 23.4 Å². The lowest BCUT2D eigenvalue weighted by Crippen LogP contribution is -2.29. The summed E-state index contributed by atoms with van der Waals surface area (Å²) in [6.07, 6.45) is 8.04. The van der Waals surface area contributed by atoms with Crippen molar-refractivity contribution in [3.63, 3.8) is 0 Å². The van der Waals surface area contributed by atoms with Gasteiger partial charge in [-0.05, 0) is 32.6 Å². The first-order valence-electron chi connectivity index (χ1n) is 7.08. The second kappa shape index (κ2) is 5.88. The van der Waals surface area contributed by atoms with Crippen LogP contribution in [0.5, 0.6) is 0 Å². The third-order valence-corrected chi connectivity index (χ3v) is 5.09. The molecule has 0 N–H and O–H groups in total. The van der Waals surface area contributed by atoms with Gasteiger partial charge in [0.15, 0.2) is 0 Å². The Kier molecular flexibility index (Phi) is 4.62. The third-order valence-electron chi connectivity index (χ3n) is 3.99. The van der Waals surface area contributed by atoms with Gasteiger partial charge in [-0.2, -0.15) is 11.8 Å². The topological polar surface area (TPSA) is 29.3 Å². The van der Waals surface area contributed by atoms with Crippen molar-refractivity contribution in [3.8, 4) is 0 Å². The Balaban J connectivity index is 1.92. The van der Waals surface area contributed by atoms with Crippen LogP contribution in [0, 0.1) is 0 Å². The van der Waals surface area contributed by atoms with Crippen LogP contribution in [-0.4, -0.2) is 34.5 Å². The molecular weight excluding hydrogens is 256 g/mol. The molecule has 0 spiro atoms. The van der Waals surface area contributed by atoms with E-state index in [1.807, 2.05) is 18.0 Å². The number of aromatic nitrogens is 1. The zero-order valence-electron chi connectivity index (χ0n) is 12.8. The van der Waals surface area contributed by atoms with E-state index in [-0.39, 0.29) is 5.41 Å². The lowest BCUT2D eigenvalue weighted by Gasteiger charge is -2.22. The van der Waals surface area contributed by atoms with Crippen LogP contribution >= 0.6 is 11.8 Å². The van der Waals surface area contributed by atoms with Crippen LogP contribution in [0.25, 0.3) is 0 Å². The van der Waals surface area contributed by atoms with Crippen molar-refractivity contribution in [2.45, 2.75) is 63.3 Å². The van der Waals surface area contributed by atoms with E-state index in [9.17, 15) is 0 Å². The molecular formula is C15H26N2OS. The van der Waals surface area contributed by atoms with E-state index < -0.39 is 0 Å². The van der Waals surface area contributed by atoms with Crippen molar-refractivity contribution in [1.82, 2.24) is 9.88 Å². The minimum absolute atomic E-state index is 0.0428. The monoisotopic (exact) mass is 282 g/mol. The van der Waals surface area contributed by atoms with Crippen molar-refractivity contribution in [3.05, 3.63) is 17.8 Å². The average molecular weight is 282 g/mol. The molecule has 0 saturated heterocycles. The molecule has 108 valence electrons. The van der Waals surface area contributed by atoms with Crippen molar-refractivity contribution in [2.24, 2.45) is 0 Å². The Morgan fingerprint density at radius 2 is 2.16 bits per heavy atom. The minimum Gasteiger partial charge on any atom is -0.444 e. The molecule has 0 aromatic carbocycles. The Morgan fingerprint density at radius 3 is 2.68 bits per heavy atom. The molecule has 1 fully saturated rings. The minimum atomic E-state index is 0.0428. The van der Waals surface area contributed by atoms with Gasteiger partial charge in [0.2, 0.25) is 5.89 Å². The molecule has 3 nitrogen and oxygen atoms in total. The zero-order valence-corrected chi connectivity index (χ0v) is 13.6. The van der Waals surface area contributed by atoms with Gasteiger partial charge in [0.05, 0.1) is 12.7 Å². The first-order chi connectivity index (χ1) is 8.90. The number of hydrogen-bond donors (Lipinski definition) is 0. The zero-order chi connectivity index (χ0) is 14.0. The largest absolute Gasteiger partial charge is 0.444 e. The molecule has 1 aromatic rings. The molecule has 0 unspecified atom stereocenters. The van der Waals surface area contributed by atoms with Crippen LogP contribution in [-0.2, 0) is 12.0 Å². The highest BCUT2D eigenvalue weighted by Crippen LogP contribution is 2.31. The molecule has 0 aliphatic heterocycles. The Labute approximate surface area is 121 Å². The summed E-state index contributed by atoms with van der Waals surface area (Å²) in [5.74, 6) is 1.82. The van der Waals surface area contributed by atoms with Crippen LogP contribution in [0.3, 0.4) is 0 Å². The van der Waals surface area contributed by atoms with Gasteiger partial charge in [-0.25, -0.2) is 4.98 Å². The van der Waals surface area contributed by atoms with Crippen molar-refractivity contribution in [2.75, 3.05) is 13.3 Å². The number of hydrogen-bond acceptors (Lipinski definition) is 4. The molecule has 2 rings (SSSR count). The highest BCUT2D eigenvalue weighted by atomic mass is 32.2. The number of nitrogens with zero attached hydrogens (tertiary/aromatic N) is 2. The van der Waals surface area contributed by atoms with E-state index in [4.69, 9.17) is 4.42 Å². The summed E-state index contributed by atoms with van der Waals surface area (Å²) >= 11 is 2.00. The maximum absolute atomic E-state index is 5.87. The highest BCUT2D eigenvalue weighted by Gasteiger charge is 2.28. The maximum Gasteiger partial charge on any atom is 0.208 e. The summed E-state index contributed by atoms with van der Waals surface area (Å²) < 4.78 is 5.87. The second-order valence-electron chi connectivity index (χ2n) is 6.61. The van der Waals surface area contributed by atoms with E-state index in [1.54, 1.807) is 0 Å². The van der Waals surface area contributed by atoms with Crippen molar-refractivity contribution in [1.29, 1.82) is 0 Å². The molecule has 0 amide bonds. The molecule has 1 aliphatic carbocycles. The van der Waals surface area contributed by atoms with Crippen LogP contribution < -0.4 is 0 Å². The number of oxazole rings is 1. The molecule has 1 aromatic heterocycles. The first kappa shape index (κ1) is 14.9. The fraction of sp³-hybridized carbons (Fsp3) is 0.800. The predicted molar refractivity (Wildman–Crippen MR) is 81.6 cm³/mol. The summed E-state index contributed by atoms with van der Waals surface area (Å²) in [6, 6.07) is 0.683. The summed E-state index contributed by atoms with van der Waals surface area (Å²) in [5.41, 5.74) is 0.0428. The predicted octanol–water partition coefficient (Wildman–Crippen LogP) is 3.69. The van der Waals surface area contributed by atoms with Gasteiger partial charge in [-0.1, -0.05) is 20.8 Å². The smallest absolute Gasteiger partial charge is 0.208 e. The lowest BCUT2D eigenvalue weighted by molar-refractivity contribution is 0.211. The summed E-state index contributed by atoms with van der Waals surface area (Å²) in [4.78, 5) is 6.82. The van der Waals surface area contributed by atoms with Crippen molar-refractivity contribution >= 4 is 11.8 Å². The maximum atomic E-state index is 5.87. The molecule has 4 heteroatoms. The van der Waals surface area contributed by atoms with Crippen molar-refractivity contribution < 1.29 is 4.42 Å². The molecule has 0 bridgehead atoms. The quantitative estimate of drug-likeness (QED) is 0.842. The van der Waals surface area contributed by atoms with Gasteiger partial charge in [0, 0.05) is 16.7 Å². The van der Waals surface area contributed by atoms with Crippen LogP contribution in [0.2, 0.25) is 0 Å². The number of thioether (sulfide) groups is 1. The number of rotatable bonds is 4. The Bertz CT molecular complexity index is 411. The summed E-state index contributed by atoms with van der Waals surface area (Å²) in [5, 5.41) is 0.835. The normalized spacial score (nSPS) is 24.3. The van der Waals surface area contributed by atoms with Gasteiger partial charge in [-0.3, -0.25) is 4.90 Å². The SMILES string of the molecule is CS[C@H]1CC[C@H](N(C)Cc2ncc(C(C)(C)C)o2)C1. The Hall–Kier alpha value is -0.480. The van der Waals surface area contributed by atoms with Gasteiger partial charge in [0.1, 0.15) is 5.76 Å². The molecule has 2 atom stereocenters. The van der Waals surface area contributed by atoms with E-state index in [2.05, 4.69) is 44.0 Å². The molecule has 1 saturated carbocycles. The van der Waals surface area contributed by atoms with Crippen LogP contribution in [0.15, 0.2) is 10.6 Å². The van der Waals surface area contributed by atoms with Gasteiger partial charge in [0.25, 0.3) is 0 Å². The highest BCUT2D eigenvalue weighted by molar-refractivity contribution is 7.99. The standard InChI is InChI=1S/C15H26N2OS/c1-15(2,3)13-9-16-14(18-13)10-17(4)11-6-7-12(8-11)19-5/h9,11-12H,6-8,10H2,1-5H3/t11-,12-/m0/s1. The van der Waals surface area contributed by atoms with Gasteiger partial charge in [-0.15, -0.1) is 0 Å². The lowest BCUT2D eigenvalue weighted by atomic mass is 9.94. The third kappa shape index (κ3) is 3.76. The van der Waals surface area contributed by atoms with E-state index >= 15 is 0 Å². The average Bonchev–Trinajstić information content (AvgIpc) is 2.95. The first-order valence-corrected chi connectivity index (χ1v) is 8.37. The fourth-order valence-corrected chi connectivity index (χ4v) is 3.39. The fourth-order valence-electron chi connectivity index (χ4n) is 2.60. The van der Waals surface area contributed by atoms with Gasteiger partial charge >= 0.3 is 0 Å². The van der Waals surface area contributed by atoms with Crippen LogP contribution in [0.4, 0.5) is 0 Å². The molecule has 0 radical (unpaired) electrons. The van der Waals surface area contributed by atoms with E-state index in [0.29, 0.717) is 6.04 Å². The van der Waals surface area contributed by atoms with Crippen LogP contribution in [0.1, 0.15) is 51.7 Å². The summed E-state index contributed by atoms with van der Waals surface area (Å²) in [7, 11) is 2.19. The van der Waals surface area contributed by atoms with Gasteiger partial charge < -0.3 is 4.42 Å². The molecule has 1 heterocycles. The molecule has 19 heavy (non-hydrogen) atoms. The second-order valence-corrected chi connectivity index (χ2v) is 7.75. The molecule has 1 aliphatic rings. The Morgan fingerprint density at radius 1 is 1.42 bits per heavy atom. The van der Waals surface area contributed by atoms with E-state index in [1.165, 1.54) is 19.3 Å².